The molecule has 1 heterocycles. The smallest absolute Gasteiger partial charge is 0.270 e. The van der Waals surface area contributed by atoms with Crippen LogP contribution in [0.15, 0.2) is 48.5 Å². The average molecular weight is 239 g/mol. The van der Waals surface area contributed by atoms with Crippen LogP contribution in [0.4, 0.5) is 5.69 Å². The number of amides is 1. The van der Waals surface area contributed by atoms with Crippen LogP contribution in [0.1, 0.15) is 17.2 Å². The number of hydrogen-bond acceptors (Lipinski definition) is 2. The van der Waals surface area contributed by atoms with Crippen LogP contribution >= 0.6 is 0 Å². The molecule has 3 nitrogen and oxygen atoms in total. The highest BCUT2D eigenvalue weighted by Crippen LogP contribution is 2.34. The van der Waals surface area contributed by atoms with Gasteiger partial charge in [0.1, 0.15) is 5.75 Å². The lowest BCUT2D eigenvalue weighted by Gasteiger charge is -2.26. The third kappa shape index (κ3) is 1.84. The number of anilines is 1. The van der Waals surface area contributed by atoms with Crippen LogP contribution in [0.5, 0.6) is 5.75 Å². The molecule has 3 heteroatoms. The molecule has 0 fully saturated rings. The lowest BCUT2D eigenvalue weighted by Crippen LogP contribution is -2.29. The first-order valence-corrected chi connectivity index (χ1v) is 5.87. The highest BCUT2D eigenvalue weighted by molar-refractivity contribution is 5.98. The van der Waals surface area contributed by atoms with Gasteiger partial charge in [0, 0.05) is 5.56 Å². The highest BCUT2D eigenvalue weighted by Gasteiger charge is 2.28. The SMILES string of the molecule is Cc1ccc(C2Oc3ccccc3NC2=O)cc1. The maximum Gasteiger partial charge on any atom is 0.270 e. The number of benzene rings is 2. The Hall–Kier alpha value is -2.29. The van der Waals surface area contributed by atoms with E-state index in [9.17, 15) is 4.79 Å². The Balaban J connectivity index is 1.95. The Bertz CT molecular complexity index is 590. The van der Waals surface area contributed by atoms with Crippen molar-refractivity contribution in [2.24, 2.45) is 0 Å². The molecule has 0 bridgehead atoms. The second kappa shape index (κ2) is 4.18. The lowest BCUT2D eigenvalue weighted by molar-refractivity contribution is -0.123. The Morgan fingerprint density at radius 2 is 1.78 bits per heavy atom. The van der Waals surface area contributed by atoms with E-state index in [0.717, 1.165) is 16.8 Å². The molecule has 90 valence electrons. The minimum absolute atomic E-state index is 0.127. The zero-order valence-corrected chi connectivity index (χ0v) is 10.0. The van der Waals surface area contributed by atoms with E-state index < -0.39 is 6.10 Å². The van der Waals surface area contributed by atoms with Crippen molar-refractivity contribution in [1.29, 1.82) is 0 Å². The zero-order valence-electron chi connectivity index (χ0n) is 10.0. The van der Waals surface area contributed by atoms with E-state index in [-0.39, 0.29) is 5.91 Å². The number of ether oxygens (including phenoxy) is 1. The predicted octanol–water partition coefficient (Wildman–Crippen LogP) is 3.07. The molecule has 0 radical (unpaired) electrons. The molecule has 1 amide bonds. The summed E-state index contributed by atoms with van der Waals surface area (Å²) in [5.74, 6) is 0.584. The number of aryl methyl sites for hydroxylation is 1. The Labute approximate surface area is 105 Å². The number of carbonyl (C=O) groups is 1. The Morgan fingerprint density at radius 1 is 1.06 bits per heavy atom. The largest absolute Gasteiger partial charge is 0.474 e. The summed E-state index contributed by atoms with van der Waals surface area (Å²) in [6, 6.07) is 15.3. The first-order chi connectivity index (χ1) is 8.74. The van der Waals surface area contributed by atoms with E-state index in [2.05, 4.69) is 5.32 Å². The van der Waals surface area contributed by atoms with Gasteiger partial charge in [-0.05, 0) is 19.1 Å². The number of fused-ring (bicyclic) bond motifs is 1. The molecule has 0 spiro atoms. The molecule has 1 unspecified atom stereocenters. The summed E-state index contributed by atoms with van der Waals surface area (Å²) < 4.78 is 5.76. The summed E-state index contributed by atoms with van der Waals surface area (Å²) in [5.41, 5.74) is 2.76. The van der Waals surface area contributed by atoms with E-state index >= 15 is 0 Å². The van der Waals surface area contributed by atoms with Crippen LogP contribution in [0.3, 0.4) is 0 Å². The molecule has 1 atom stereocenters. The monoisotopic (exact) mass is 239 g/mol. The summed E-state index contributed by atoms with van der Waals surface area (Å²) >= 11 is 0. The Kier molecular flexibility index (Phi) is 2.52. The lowest BCUT2D eigenvalue weighted by atomic mass is 10.1. The van der Waals surface area contributed by atoms with Crippen LogP contribution in [-0.4, -0.2) is 5.91 Å². The van der Waals surface area contributed by atoms with E-state index in [4.69, 9.17) is 4.74 Å². The molecule has 0 saturated heterocycles. The standard InChI is InChI=1S/C15H13NO2/c1-10-6-8-11(9-7-10)14-15(17)16-12-4-2-3-5-13(12)18-14/h2-9,14H,1H3,(H,16,17). The van der Waals surface area contributed by atoms with E-state index in [1.54, 1.807) is 0 Å². The second-order valence-electron chi connectivity index (χ2n) is 4.39. The first kappa shape index (κ1) is 10.8. The number of carbonyl (C=O) groups excluding carboxylic acids is 1. The maximum absolute atomic E-state index is 12.0. The summed E-state index contributed by atoms with van der Waals surface area (Å²) in [7, 11) is 0. The zero-order chi connectivity index (χ0) is 12.5. The fourth-order valence-electron chi connectivity index (χ4n) is 2.01. The number of hydrogen-bond donors (Lipinski definition) is 1. The van der Waals surface area contributed by atoms with Crippen molar-refractivity contribution in [2.45, 2.75) is 13.0 Å². The van der Waals surface area contributed by atoms with Crippen molar-refractivity contribution in [3.63, 3.8) is 0 Å². The molecule has 2 aromatic rings. The van der Waals surface area contributed by atoms with Crippen LogP contribution in [0.2, 0.25) is 0 Å². The average Bonchev–Trinajstić information content (AvgIpc) is 2.39. The van der Waals surface area contributed by atoms with Gasteiger partial charge in [-0.1, -0.05) is 42.0 Å². The second-order valence-corrected chi connectivity index (χ2v) is 4.39. The van der Waals surface area contributed by atoms with Gasteiger partial charge >= 0.3 is 0 Å². The van der Waals surface area contributed by atoms with Gasteiger partial charge < -0.3 is 10.1 Å². The van der Waals surface area contributed by atoms with Crippen LogP contribution in [0, 0.1) is 6.92 Å². The molecule has 1 aliphatic rings. The van der Waals surface area contributed by atoms with Gasteiger partial charge in [0.15, 0.2) is 0 Å². The fourth-order valence-corrected chi connectivity index (χ4v) is 2.01. The third-order valence-electron chi connectivity index (χ3n) is 3.01. The normalized spacial score (nSPS) is 17.6. The van der Waals surface area contributed by atoms with Gasteiger partial charge in [-0.3, -0.25) is 4.79 Å². The first-order valence-electron chi connectivity index (χ1n) is 5.87. The minimum Gasteiger partial charge on any atom is -0.474 e. The molecule has 0 saturated carbocycles. The van der Waals surface area contributed by atoms with Crippen LogP contribution < -0.4 is 10.1 Å². The van der Waals surface area contributed by atoms with Gasteiger partial charge in [-0.25, -0.2) is 0 Å². The van der Waals surface area contributed by atoms with Gasteiger partial charge in [0.05, 0.1) is 5.69 Å². The molecule has 0 aromatic heterocycles. The van der Waals surface area contributed by atoms with Gasteiger partial charge in [0.2, 0.25) is 6.10 Å². The molecule has 0 aliphatic carbocycles. The Morgan fingerprint density at radius 3 is 2.56 bits per heavy atom. The third-order valence-corrected chi connectivity index (χ3v) is 3.01. The van der Waals surface area contributed by atoms with Crippen molar-refractivity contribution < 1.29 is 9.53 Å². The molecule has 1 N–H and O–H groups in total. The van der Waals surface area contributed by atoms with E-state index in [1.807, 2.05) is 55.5 Å². The number of para-hydroxylation sites is 2. The van der Waals surface area contributed by atoms with Crippen LogP contribution in [-0.2, 0) is 4.79 Å². The molecular formula is C15H13NO2. The molecule has 3 rings (SSSR count). The molecular weight excluding hydrogens is 226 g/mol. The number of nitrogens with one attached hydrogen (secondary N) is 1. The molecule has 18 heavy (non-hydrogen) atoms. The van der Waals surface area contributed by atoms with Crippen molar-refractivity contribution in [1.82, 2.24) is 0 Å². The topological polar surface area (TPSA) is 38.3 Å². The summed E-state index contributed by atoms with van der Waals surface area (Å²) in [6.07, 6.45) is -0.569. The van der Waals surface area contributed by atoms with Crippen molar-refractivity contribution in [3.05, 3.63) is 59.7 Å². The van der Waals surface area contributed by atoms with Crippen molar-refractivity contribution in [2.75, 3.05) is 5.32 Å². The van der Waals surface area contributed by atoms with Gasteiger partial charge in [-0.2, -0.15) is 0 Å². The predicted molar refractivity (Wildman–Crippen MR) is 69.6 cm³/mol. The quantitative estimate of drug-likeness (QED) is 0.830. The van der Waals surface area contributed by atoms with E-state index in [0.29, 0.717) is 5.75 Å². The molecule has 1 aliphatic heterocycles. The fraction of sp³-hybridized carbons (Fsp3) is 0.133. The summed E-state index contributed by atoms with van der Waals surface area (Å²) in [5, 5.41) is 2.86. The van der Waals surface area contributed by atoms with E-state index in [1.165, 1.54) is 0 Å². The molecule has 2 aromatic carbocycles. The minimum atomic E-state index is -0.569. The van der Waals surface area contributed by atoms with Crippen molar-refractivity contribution in [3.8, 4) is 5.75 Å². The van der Waals surface area contributed by atoms with Crippen molar-refractivity contribution >= 4 is 11.6 Å². The van der Waals surface area contributed by atoms with Gasteiger partial charge in [0.25, 0.3) is 5.91 Å². The number of rotatable bonds is 1. The maximum atomic E-state index is 12.0. The van der Waals surface area contributed by atoms with Crippen LogP contribution in [0.25, 0.3) is 0 Å². The summed E-state index contributed by atoms with van der Waals surface area (Å²) in [6.45, 7) is 2.01. The highest BCUT2D eigenvalue weighted by atomic mass is 16.5. The van der Waals surface area contributed by atoms with Gasteiger partial charge in [-0.15, -0.1) is 0 Å². The summed E-state index contributed by atoms with van der Waals surface area (Å²) in [4.78, 5) is 12.0.